The Hall–Kier alpha value is 4.72. The van der Waals surface area contributed by atoms with Crippen LogP contribution in [0, 0.1) is 0 Å². The first-order valence-electron chi connectivity index (χ1n) is 2.61. The fourth-order valence-electron chi connectivity index (χ4n) is 0.170. The van der Waals surface area contributed by atoms with E-state index in [9.17, 15) is 9.13 Å². The molecule has 0 aromatic carbocycles. The molecule has 0 fully saturated rings. The van der Waals surface area contributed by atoms with Gasteiger partial charge in [-0.25, -0.2) is 0 Å². The van der Waals surface area contributed by atoms with Crippen molar-refractivity contribution in [1.29, 1.82) is 0 Å². The van der Waals surface area contributed by atoms with Crippen molar-refractivity contribution in [3.63, 3.8) is 0 Å². The minimum absolute atomic E-state index is 0. The molecule has 15 heavy (non-hydrogen) atoms. The molecule has 0 aromatic rings. The second kappa shape index (κ2) is 11.4. The van der Waals surface area contributed by atoms with Gasteiger partial charge >= 0.3 is 15.2 Å². The first-order valence-corrected chi connectivity index (χ1v) is 5.84. The molecule has 4 N–H and O–H groups in total. The second-order valence-electron chi connectivity index (χ2n) is 2.58. The number of hydrogen-bond donors (Lipinski definition) is 4. The summed E-state index contributed by atoms with van der Waals surface area (Å²) in [5.41, 5.74) is 0. The average molecular weight is 560 g/mol. The first-order chi connectivity index (χ1) is 4.50. The molecule has 12 heteroatoms. The summed E-state index contributed by atoms with van der Waals surface area (Å²) in [7, 11) is -9.51. The van der Waals surface area contributed by atoms with E-state index in [0.717, 1.165) is 13.8 Å². The van der Waals surface area contributed by atoms with Gasteiger partial charge in [0.1, 0.15) is 0 Å². The summed E-state index contributed by atoms with van der Waals surface area (Å²) in [4.78, 5) is 31.7. The summed E-state index contributed by atoms with van der Waals surface area (Å²) in [6.45, 7) is 1.66. The van der Waals surface area contributed by atoms with Crippen molar-refractivity contribution in [3.05, 3.63) is 0 Å². The van der Waals surface area contributed by atoms with E-state index in [1.807, 2.05) is 0 Å². The zero-order valence-corrected chi connectivity index (χ0v) is 21.5. The molecule has 0 unspecified atom stereocenters. The van der Waals surface area contributed by atoms with Crippen molar-refractivity contribution in [2.45, 2.75) is 18.7 Å². The first kappa shape index (κ1) is 31.9. The van der Waals surface area contributed by atoms with Gasteiger partial charge in [0, 0.05) is 131 Å². The van der Waals surface area contributed by atoms with Crippen molar-refractivity contribution in [3.8, 4) is 0 Å². The van der Waals surface area contributed by atoms with Crippen LogP contribution in [0.3, 0.4) is 0 Å². The van der Waals surface area contributed by atoms with Crippen LogP contribution in [0.5, 0.6) is 0 Å². The third-order valence-corrected chi connectivity index (χ3v) is 5.84. The van der Waals surface area contributed by atoms with Crippen molar-refractivity contribution >= 4 is 15.2 Å². The summed E-state index contributed by atoms with van der Waals surface area (Å²) >= 11 is 0. The predicted octanol–water partition coefficient (Wildman–Crippen LogP) is 0.0679. The van der Waals surface area contributed by atoms with Crippen LogP contribution in [0.4, 0.5) is 0 Å². The molecule has 80 valence electrons. The van der Waals surface area contributed by atoms with Crippen LogP contribution < -0.4 is 0 Å². The van der Waals surface area contributed by atoms with Gasteiger partial charge in [-0.15, -0.1) is 0 Å². The van der Waals surface area contributed by atoms with Crippen LogP contribution in [-0.4, -0.2) is 24.5 Å². The summed E-state index contributed by atoms with van der Waals surface area (Å²) in [6.07, 6.45) is 0. The molecule has 6 nitrogen and oxygen atoms in total. The maximum Gasteiger partial charge on any atom is 0.343 e. The van der Waals surface area contributed by atoms with Crippen LogP contribution in [0.1, 0.15) is 13.8 Å². The van der Waals surface area contributed by atoms with Gasteiger partial charge in [0.05, 0.1) is 0 Å². The normalized spacial score (nSPS) is 11.1. The van der Waals surface area contributed by atoms with Crippen LogP contribution in [0.15, 0.2) is 0 Å². The molecule has 0 spiro atoms. The SMILES string of the molecule is CC(C)(P(=O)(O)O)P(=O)(O)O.[Y].[Y].[Y].[Y]. The quantitative estimate of drug-likeness (QED) is 0.356. The van der Waals surface area contributed by atoms with E-state index in [-0.39, 0.29) is 131 Å². The molecular weight excluding hydrogens is 550 g/mol. The van der Waals surface area contributed by atoms with Gasteiger partial charge in [0.2, 0.25) is 0 Å². The van der Waals surface area contributed by atoms with E-state index < -0.39 is 20.1 Å². The van der Waals surface area contributed by atoms with Crippen LogP contribution >= 0.6 is 15.2 Å². The Morgan fingerprint density at radius 3 is 0.867 bits per heavy atom. The molecule has 0 aromatic heterocycles. The maximum absolute atomic E-state index is 10.5. The van der Waals surface area contributed by atoms with E-state index >= 15 is 0 Å². The molecule has 0 aliphatic rings. The molecule has 4 radical (unpaired) electrons. The van der Waals surface area contributed by atoms with Crippen molar-refractivity contribution in [2.24, 2.45) is 0 Å². The van der Waals surface area contributed by atoms with Crippen LogP contribution in [0.25, 0.3) is 0 Å². The van der Waals surface area contributed by atoms with Gasteiger partial charge in [-0.05, 0) is 13.8 Å². The third kappa shape index (κ3) is 10.1. The van der Waals surface area contributed by atoms with Crippen molar-refractivity contribution in [2.75, 3.05) is 0 Å². The van der Waals surface area contributed by atoms with E-state index in [1.165, 1.54) is 0 Å². The number of hydrogen-bond acceptors (Lipinski definition) is 2. The molecule has 0 saturated carbocycles. The van der Waals surface area contributed by atoms with Crippen molar-refractivity contribution in [1.82, 2.24) is 0 Å². The van der Waals surface area contributed by atoms with Gasteiger partial charge in [-0.2, -0.15) is 0 Å². The Bertz CT molecular complexity index is 221. The molecule has 0 rings (SSSR count). The fourth-order valence-corrected chi connectivity index (χ4v) is 1.53. The summed E-state index contributed by atoms with van der Waals surface area (Å²) < 4.78 is 21.0. The van der Waals surface area contributed by atoms with Gasteiger partial charge in [-0.3, -0.25) is 9.13 Å². The molecule has 0 aliphatic heterocycles. The largest absolute Gasteiger partial charge is 0.343 e. The van der Waals surface area contributed by atoms with Gasteiger partial charge in [0.15, 0.2) is 4.90 Å². The topological polar surface area (TPSA) is 115 Å². The molecule has 0 amide bonds. The Balaban J connectivity index is -0.0000000833. The van der Waals surface area contributed by atoms with Crippen LogP contribution in [-0.2, 0) is 140 Å². The van der Waals surface area contributed by atoms with Crippen molar-refractivity contribution < 1.29 is 160 Å². The standard InChI is InChI=1S/C3H10O6P2.4Y/c1-3(2,10(4,5)6)11(7,8)9;;;;/h1-2H3,(H2,4,5,6)(H2,7,8,9);;;;. The smallest absolute Gasteiger partial charge is 0.324 e. The monoisotopic (exact) mass is 560 g/mol. The Morgan fingerprint density at radius 2 is 0.867 bits per heavy atom. The van der Waals surface area contributed by atoms with Gasteiger partial charge in [0.25, 0.3) is 0 Å². The zero-order chi connectivity index (χ0) is 9.50. The summed E-state index contributed by atoms with van der Waals surface area (Å²) in [6, 6.07) is 0. The van der Waals surface area contributed by atoms with Crippen LogP contribution in [0.2, 0.25) is 0 Å². The molecular formula is C3H10O6P2Y4. The molecule has 0 aliphatic carbocycles. The number of rotatable bonds is 2. The third-order valence-electron chi connectivity index (χ3n) is 1.43. The Kier molecular flexibility index (Phi) is 24.2. The van der Waals surface area contributed by atoms with E-state index in [2.05, 4.69) is 0 Å². The minimum atomic E-state index is -4.75. The zero-order valence-electron chi connectivity index (χ0n) is 8.31. The Labute approximate surface area is 189 Å². The molecule has 0 heterocycles. The maximum atomic E-state index is 10.5. The second-order valence-corrected chi connectivity index (χ2v) is 7.35. The minimum Gasteiger partial charge on any atom is -0.324 e. The summed E-state index contributed by atoms with van der Waals surface area (Å²) in [5, 5.41) is 0. The van der Waals surface area contributed by atoms with E-state index in [1.54, 1.807) is 0 Å². The van der Waals surface area contributed by atoms with E-state index in [0.29, 0.717) is 0 Å². The van der Waals surface area contributed by atoms with E-state index in [4.69, 9.17) is 19.6 Å². The summed E-state index contributed by atoms with van der Waals surface area (Å²) in [5.74, 6) is 0. The Morgan fingerprint density at radius 1 is 0.733 bits per heavy atom. The van der Waals surface area contributed by atoms with Gasteiger partial charge in [-0.1, -0.05) is 0 Å². The average Bonchev–Trinajstić information content (AvgIpc) is 1.58. The molecule has 0 bridgehead atoms. The fraction of sp³-hybridized carbons (Fsp3) is 1.00. The van der Waals surface area contributed by atoms with Gasteiger partial charge < -0.3 is 19.6 Å². The molecule has 0 atom stereocenters. The molecule has 0 saturated heterocycles. The predicted molar refractivity (Wildman–Crippen MR) is 38.2 cm³/mol.